The summed E-state index contributed by atoms with van der Waals surface area (Å²) in [5, 5.41) is 7.36. The van der Waals surface area contributed by atoms with E-state index in [2.05, 4.69) is 29.0 Å². The van der Waals surface area contributed by atoms with E-state index in [1.807, 2.05) is 17.8 Å². The van der Waals surface area contributed by atoms with Crippen LogP contribution in [0.1, 0.15) is 19.5 Å². The Morgan fingerprint density at radius 3 is 2.88 bits per heavy atom. The maximum Gasteiger partial charge on any atom is 0.325 e. The molecule has 90 valence electrons. The van der Waals surface area contributed by atoms with E-state index in [1.165, 1.54) is 7.11 Å². The zero-order valence-corrected chi connectivity index (χ0v) is 10.3. The van der Waals surface area contributed by atoms with E-state index in [0.717, 1.165) is 17.9 Å². The van der Waals surface area contributed by atoms with Crippen molar-refractivity contribution >= 4 is 11.7 Å². The Bertz CT molecular complexity index is 358. The van der Waals surface area contributed by atoms with Gasteiger partial charge in [0.2, 0.25) is 0 Å². The maximum atomic E-state index is 11.0. The molecule has 0 spiro atoms. The number of hydrogen-bond donors (Lipinski definition) is 1. The fourth-order valence-electron chi connectivity index (χ4n) is 1.40. The summed E-state index contributed by atoms with van der Waals surface area (Å²) in [5.74, 6) is 0.267. The van der Waals surface area contributed by atoms with Gasteiger partial charge in [0.05, 0.1) is 18.5 Å². The first-order chi connectivity index (χ1) is 7.52. The predicted octanol–water partition coefficient (Wildman–Crippen LogP) is 1.43. The third kappa shape index (κ3) is 3.56. The lowest BCUT2D eigenvalue weighted by molar-refractivity contribution is -0.138. The molecule has 0 fully saturated rings. The van der Waals surface area contributed by atoms with Gasteiger partial charge in [-0.15, -0.1) is 0 Å². The van der Waals surface area contributed by atoms with Gasteiger partial charge in [-0.1, -0.05) is 13.8 Å². The van der Waals surface area contributed by atoms with E-state index < -0.39 is 0 Å². The number of ether oxygens (including phenoxy) is 1. The molecule has 0 bridgehead atoms. The largest absolute Gasteiger partial charge is 0.468 e. The van der Waals surface area contributed by atoms with Gasteiger partial charge < -0.3 is 10.1 Å². The molecular weight excluding hydrogens is 206 g/mol. The average molecular weight is 225 g/mol. The molecule has 0 aliphatic carbocycles. The molecule has 0 unspecified atom stereocenters. The highest BCUT2D eigenvalue weighted by atomic mass is 16.5. The van der Waals surface area contributed by atoms with E-state index in [9.17, 15) is 4.79 Å². The lowest BCUT2D eigenvalue weighted by Gasteiger charge is -2.03. The van der Waals surface area contributed by atoms with Gasteiger partial charge in [-0.25, -0.2) is 0 Å². The van der Waals surface area contributed by atoms with Crippen LogP contribution in [0.2, 0.25) is 0 Å². The van der Waals surface area contributed by atoms with Crippen molar-refractivity contribution in [1.82, 2.24) is 9.78 Å². The minimum atomic E-state index is -0.281. The standard InChI is InChI=1S/C11H19N3O2/c1-8(2)6-14-7-10(9(3)13-14)12-5-11(15)16-4/h7-8,12H,5-6H2,1-4H3. The number of nitrogens with zero attached hydrogens (tertiary/aromatic N) is 2. The first-order valence-corrected chi connectivity index (χ1v) is 5.37. The molecule has 1 rings (SSSR count). The van der Waals surface area contributed by atoms with Crippen LogP contribution >= 0.6 is 0 Å². The zero-order valence-electron chi connectivity index (χ0n) is 10.3. The summed E-state index contributed by atoms with van der Waals surface area (Å²) in [6.07, 6.45) is 1.91. The number of carbonyl (C=O) groups excluding carboxylic acids is 1. The van der Waals surface area contributed by atoms with Gasteiger partial charge in [0.1, 0.15) is 6.54 Å². The van der Waals surface area contributed by atoms with E-state index in [4.69, 9.17) is 0 Å². The Kier molecular flexibility index (Phi) is 4.34. The third-order valence-corrected chi connectivity index (χ3v) is 2.15. The fourth-order valence-corrected chi connectivity index (χ4v) is 1.40. The Hall–Kier alpha value is -1.52. The van der Waals surface area contributed by atoms with Crippen LogP contribution < -0.4 is 5.32 Å². The van der Waals surface area contributed by atoms with Crippen molar-refractivity contribution in [1.29, 1.82) is 0 Å². The van der Waals surface area contributed by atoms with Crippen LogP contribution in [-0.4, -0.2) is 29.4 Å². The van der Waals surface area contributed by atoms with Gasteiger partial charge >= 0.3 is 5.97 Å². The molecule has 5 heteroatoms. The topological polar surface area (TPSA) is 56.1 Å². The molecule has 1 aromatic rings. The van der Waals surface area contributed by atoms with Crippen molar-refractivity contribution in [3.05, 3.63) is 11.9 Å². The molecule has 1 heterocycles. The molecule has 0 saturated carbocycles. The van der Waals surface area contributed by atoms with Crippen molar-refractivity contribution in [3.63, 3.8) is 0 Å². The predicted molar refractivity (Wildman–Crippen MR) is 62.3 cm³/mol. The summed E-state index contributed by atoms with van der Waals surface area (Å²) < 4.78 is 6.44. The van der Waals surface area contributed by atoms with Crippen molar-refractivity contribution in [2.45, 2.75) is 27.3 Å². The number of hydrogen-bond acceptors (Lipinski definition) is 4. The first kappa shape index (κ1) is 12.5. The van der Waals surface area contributed by atoms with Gasteiger partial charge in [-0.05, 0) is 12.8 Å². The highest BCUT2D eigenvalue weighted by Gasteiger charge is 2.07. The second-order valence-electron chi connectivity index (χ2n) is 4.17. The normalized spacial score (nSPS) is 10.6. The number of anilines is 1. The van der Waals surface area contributed by atoms with Crippen LogP contribution in [0.3, 0.4) is 0 Å². The van der Waals surface area contributed by atoms with Crippen LogP contribution in [0.25, 0.3) is 0 Å². The number of aromatic nitrogens is 2. The molecule has 5 nitrogen and oxygen atoms in total. The van der Waals surface area contributed by atoms with Crippen molar-refractivity contribution in [2.75, 3.05) is 19.0 Å². The Morgan fingerprint density at radius 2 is 2.31 bits per heavy atom. The maximum absolute atomic E-state index is 11.0. The summed E-state index contributed by atoms with van der Waals surface area (Å²) in [7, 11) is 1.37. The molecule has 0 aliphatic heterocycles. The Labute approximate surface area is 95.8 Å². The molecule has 1 N–H and O–H groups in total. The molecule has 0 aliphatic rings. The molecule has 0 saturated heterocycles. The summed E-state index contributed by atoms with van der Waals surface area (Å²) in [5.41, 5.74) is 1.77. The average Bonchev–Trinajstić information content (AvgIpc) is 2.54. The Morgan fingerprint density at radius 1 is 1.62 bits per heavy atom. The van der Waals surface area contributed by atoms with Crippen LogP contribution in [0.15, 0.2) is 6.20 Å². The number of carbonyl (C=O) groups is 1. The summed E-state index contributed by atoms with van der Waals surface area (Å²) in [4.78, 5) is 11.0. The highest BCUT2D eigenvalue weighted by Crippen LogP contribution is 2.13. The highest BCUT2D eigenvalue weighted by molar-refractivity contribution is 5.74. The first-order valence-electron chi connectivity index (χ1n) is 5.37. The number of esters is 1. The van der Waals surface area contributed by atoms with Crippen LogP contribution in [0.4, 0.5) is 5.69 Å². The Balaban J connectivity index is 2.59. The van der Waals surface area contributed by atoms with Crippen LogP contribution in [0.5, 0.6) is 0 Å². The lowest BCUT2D eigenvalue weighted by atomic mass is 10.2. The minimum absolute atomic E-state index is 0.171. The SMILES string of the molecule is COC(=O)CNc1cn(CC(C)C)nc1C. The molecule has 0 radical (unpaired) electrons. The number of nitrogens with one attached hydrogen (secondary N) is 1. The van der Waals surface area contributed by atoms with Crippen molar-refractivity contribution in [2.24, 2.45) is 5.92 Å². The fraction of sp³-hybridized carbons (Fsp3) is 0.636. The van der Waals surface area contributed by atoms with Crippen molar-refractivity contribution < 1.29 is 9.53 Å². The van der Waals surface area contributed by atoms with Gasteiger partial charge in [0, 0.05) is 12.7 Å². The molecular formula is C11H19N3O2. The second-order valence-corrected chi connectivity index (χ2v) is 4.17. The van der Waals surface area contributed by atoms with Crippen molar-refractivity contribution in [3.8, 4) is 0 Å². The molecule has 1 aromatic heterocycles. The van der Waals surface area contributed by atoms with Crippen LogP contribution in [-0.2, 0) is 16.1 Å². The number of aryl methyl sites for hydroxylation is 1. The minimum Gasteiger partial charge on any atom is -0.468 e. The second kappa shape index (κ2) is 5.53. The van der Waals surface area contributed by atoms with Crippen LogP contribution in [0, 0.1) is 12.8 Å². The van der Waals surface area contributed by atoms with Gasteiger partial charge in [-0.3, -0.25) is 9.48 Å². The molecule has 0 atom stereocenters. The van der Waals surface area contributed by atoms with Gasteiger partial charge in [0.15, 0.2) is 0 Å². The quantitative estimate of drug-likeness (QED) is 0.770. The van der Waals surface area contributed by atoms with E-state index in [0.29, 0.717) is 5.92 Å². The smallest absolute Gasteiger partial charge is 0.325 e. The van der Waals surface area contributed by atoms with Gasteiger partial charge in [0.25, 0.3) is 0 Å². The monoisotopic (exact) mass is 225 g/mol. The third-order valence-electron chi connectivity index (χ3n) is 2.15. The number of methoxy groups -OCH3 is 1. The molecule has 16 heavy (non-hydrogen) atoms. The zero-order chi connectivity index (χ0) is 12.1. The van der Waals surface area contributed by atoms with E-state index >= 15 is 0 Å². The van der Waals surface area contributed by atoms with Gasteiger partial charge in [-0.2, -0.15) is 5.10 Å². The summed E-state index contributed by atoms with van der Waals surface area (Å²) in [6.45, 7) is 7.24. The summed E-state index contributed by atoms with van der Waals surface area (Å²) in [6, 6.07) is 0. The van der Waals surface area contributed by atoms with E-state index in [-0.39, 0.29) is 12.5 Å². The number of rotatable bonds is 5. The van der Waals surface area contributed by atoms with E-state index in [1.54, 1.807) is 0 Å². The molecule has 0 amide bonds. The summed E-state index contributed by atoms with van der Waals surface area (Å²) >= 11 is 0. The lowest BCUT2D eigenvalue weighted by Crippen LogP contribution is -2.15. The molecule has 0 aromatic carbocycles.